The molecule has 1 saturated carbocycles. The zero-order valence-electron chi connectivity index (χ0n) is 10.4. The third kappa shape index (κ3) is 2.43. The third-order valence-electron chi connectivity index (χ3n) is 3.50. The van der Waals surface area contributed by atoms with Gasteiger partial charge in [-0.25, -0.2) is 0 Å². The number of hydrogen-bond acceptors (Lipinski definition) is 3. The lowest BCUT2D eigenvalue weighted by Gasteiger charge is -2.17. The number of halogens is 1. The first-order chi connectivity index (χ1) is 8.08. The maximum absolute atomic E-state index is 6.29. The standard InChI is InChI=1S/C13H18BrNO2/c1-7-4-8(7)13(15)9-5-12(17-3)10(14)6-11(9)16-2/h5-8,13H,4,15H2,1-3H3. The third-order valence-corrected chi connectivity index (χ3v) is 4.12. The van der Waals surface area contributed by atoms with Crippen molar-refractivity contribution in [2.24, 2.45) is 17.6 Å². The summed E-state index contributed by atoms with van der Waals surface area (Å²) in [6.45, 7) is 2.23. The first kappa shape index (κ1) is 12.7. The molecular weight excluding hydrogens is 282 g/mol. The van der Waals surface area contributed by atoms with Crippen molar-refractivity contribution in [2.45, 2.75) is 19.4 Å². The molecule has 0 saturated heterocycles. The van der Waals surface area contributed by atoms with Crippen molar-refractivity contribution >= 4 is 15.9 Å². The van der Waals surface area contributed by atoms with E-state index in [9.17, 15) is 0 Å². The summed E-state index contributed by atoms with van der Waals surface area (Å²) in [5.74, 6) is 2.90. The molecule has 0 radical (unpaired) electrons. The molecule has 1 fully saturated rings. The van der Waals surface area contributed by atoms with Crippen LogP contribution >= 0.6 is 15.9 Å². The van der Waals surface area contributed by atoms with Crippen molar-refractivity contribution in [1.29, 1.82) is 0 Å². The second kappa shape index (κ2) is 4.86. The monoisotopic (exact) mass is 299 g/mol. The molecule has 0 aromatic heterocycles. The van der Waals surface area contributed by atoms with E-state index in [4.69, 9.17) is 15.2 Å². The average Bonchev–Trinajstić information content (AvgIpc) is 3.05. The van der Waals surface area contributed by atoms with E-state index in [0.29, 0.717) is 11.8 Å². The molecule has 2 N–H and O–H groups in total. The lowest BCUT2D eigenvalue weighted by atomic mass is 10.0. The minimum Gasteiger partial charge on any atom is -0.496 e. The van der Waals surface area contributed by atoms with Crippen LogP contribution in [0.5, 0.6) is 11.5 Å². The Morgan fingerprint density at radius 1 is 1.29 bits per heavy atom. The molecular formula is C13H18BrNO2. The number of benzene rings is 1. The summed E-state index contributed by atoms with van der Waals surface area (Å²) in [5.41, 5.74) is 7.32. The molecule has 0 bridgehead atoms. The van der Waals surface area contributed by atoms with Gasteiger partial charge in [0, 0.05) is 11.6 Å². The normalized spacial score (nSPS) is 24.3. The predicted octanol–water partition coefficient (Wildman–Crippen LogP) is 3.12. The summed E-state index contributed by atoms with van der Waals surface area (Å²) in [6, 6.07) is 3.92. The molecule has 1 aliphatic carbocycles. The number of hydrogen-bond donors (Lipinski definition) is 1. The summed E-state index contributed by atoms with van der Waals surface area (Å²) in [7, 11) is 3.32. The van der Waals surface area contributed by atoms with Gasteiger partial charge >= 0.3 is 0 Å². The smallest absolute Gasteiger partial charge is 0.133 e. The summed E-state index contributed by atoms with van der Waals surface area (Å²) >= 11 is 3.45. The SMILES string of the molecule is COc1cc(C(N)C2CC2C)c(OC)cc1Br. The van der Waals surface area contributed by atoms with E-state index in [-0.39, 0.29) is 6.04 Å². The van der Waals surface area contributed by atoms with Crippen LogP contribution in [0.15, 0.2) is 16.6 Å². The Morgan fingerprint density at radius 3 is 2.35 bits per heavy atom. The first-order valence-electron chi connectivity index (χ1n) is 5.75. The van der Waals surface area contributed by atoms with Gasteiger partial charge in [-0.05, 0) is 46.3 Å². The Kier molecular flexibility index (Phi) is 3.64. The van der Waals surface area contributed by atoms with Crippen LogP contribution in [0.4, 0.5) is 0 Å². The molecule has 0 amide bonds. The molecule has 3 atom stereocenters. The van der Waals surface area contributed by atoms with Crippen molar-refractivity contribution in [3.63, 3.8) is 0 Å². The van der Waals surface area contributed by atoms with E-state index in [1.807, 2.05) is 12.1 Å². The van der Waals surface area contributed by atoms with Crippen molar-refractivity contribution < 1.29 is 9.47 Å². The van der Waals surface area contributed by atoms with Gasteiger partial charge < -0.3 is 15.2 Å². The van der Waals surface area contributed by atoms with Gasteiger partial charge in [0.25, 0.3) is 0 Å². The number of methoxy groups -OCH3 is 2. The Hall–Kier alpha value is -0.740. The number of nitrogens with two attached hydrogens (primary N) is 1. The van der Waals surface area contributed by atoms with Gasteiger partial charge in [0.2, 0.25) is 0 Å². The summed E-state index contributed by atoms with van der Waals surface area (Å²) in [5, 5.41) is 0. The maximum atomic E-state index is 6.29. The van der Waals surface area contributed by atoms with Gasteiger partial charge in [0.1, 0.15) is 11.5 Å². The highest BCUT2D eigenvalue weighted by atomic mass is 79.9. The molecule has 0 spiro atoms. The van der Waals surface area contributed by atoms with Crippen LogP contribution < -0.4 is 15.2 Å². The van der Waals surface area contributed by atoms with Crippen LogP contribution in [0.2, 0.25) is 0 Å². The molecule has 1 aliphatic rings. The summed E-state index contributed by atoms with van der Waals surface area (Å²) in [4.78, 5) is 0. The molecule has 1 aromatic carbocycles. The van der Waals surface area contributed by atoms with Crippen molar-refractivity contribution in [3.05, 3.63) is 22.2 Å². The topological polar surface area (TPSA) is 44.5 Å². The van der Waals surface area contributed by atoms with E-state index < -0.39 is 0 Å². The van der Waals surface area contributed by atoms with Crippen molar-refractivity contribution in [3.8, 4) is 11.5 Å². The van der Waals surface area contributed by atoms with Crippen LogP contribution in [0.25, 0.3) is 0 Å². The quantitative estimate of drug-likeness (QED) is 0.929. The summed E-state index contributed by atoms with van der Waals surface area (Å²) < 4.78 is 11.6. The van der Waals surface area contributed by atoms with Gasteiger partial charge in [0.15, 0.2) is 0 Å². The fraction of sp³-hybridized carbons (Fsp3) is 0.538. The van der Waals surface area contributed by atoms with Crippen LogP contribution in [0.1, 0.15) is 24.9 Å². The fourth-order valence-corrected chi connectivity index (χ4v) is 2.71. The highest BCUT2D eigenvalue weighted by Gasteiger charge is 2.39. The van der Waals surface area contributed by atoms with Crippen LogP contribution in [0.3, 0.4) is 0 Å². The lowest BCUT2D eigenvalue weighted by Crippen LogP contribution is -2.14. The van der Waals surface area contributed by atoms with Crippen LogP contribution in [-0.2, 0) is 0 Å². The van der Waals surface area contributed by atoms with Gasteiger partial charge in [-0.1, -0.05) is 6.92 Å². The fourth-order valence-electron chi connectivity index (χ4n) is 2.23. The molecule has 17 heavy (non-hydrogen) atoms. The number of ether oxygens (including phenoxy) is 2. The van der Waals surface area contributed by atoms with Gasteiger partial charge in [-0.3, -0.25) is 0 Å². The highest BCUT2D eigenvalue weighted by molar-refractivity contribution is 9.10. The zero-order valence-corrected chi connectivity index (χ0v) is 12.0. The second-order valence-electron chi connectivity index (χ2n) is 4.63. The zero-order chi connectivity index (χ0) is 12.6. The Morgan fingerprint density at radius 2 is 1.88 bits per heavy atom. The van der Waals surface area contributed by atoms with E-state index in [2.05, 4.69) is 22.9 Å². The average molecular weight is 300 g/mol. The molecule has 3 nitrogen and oxygen atoms in total. The minimum atomic E-state index is 0.0296. The van der Waals surface area contributed by atoms with Crippen LogP contribution in [0, 0.1) is 11.8 Å². The molecule has 3 unspecified atom stereocenters. The largest absolute Gasteiger partial charge is 0.496 e. The first-order valence-corrected chi connectivity index (χ1v) is 6.54. The van der Waals surface area contributed by atoms with Gasteiger partial charge in [-0.15, -0.1) is 0 Å². The Balaban J connectivity index is 2.36. The Labute approximate surface area is 110 Å². The van der Waals surface area contributed by atoms with E-state index in [1.54, 1.807) is 14.2 Å². The van der Waals surface area contributed by atoms with Crippen molar-refractivity contribution in [2.75, 3.05) is 14.2 Å². The minimum absolute atomic E-state index is 0.0296. The van der Waals surface area contributed by atoms with Gasteiger partial charge in [-0.2, -0.15) is 0 Å². The summed E-state index contributed by atoms with van der Waals surface area (Å²) in [6.07, 6.45) is 1.20. The van der Waals surface area contributed by atoms with Gasteiger partial charge in [0.05, 0.1) is 18.7 Å². The molecule has 2 rings (SSSR count). The molecule has 4 heteroatoms. The van der Waals surface area contributed by atoms with E-state index in [0.717, 1.165) is 21.5 Å². The van der Waals surface area contributed by atoms with E-state index in [1.165, 1.54) is 6.42 Å². The predicted molar refractivity (Wildman–Crippen MR) is 71.4 cm³/mol. The molecule has 0 heterocycles. The molecule has 94 valence electrons. The molecule has 1 aromatic rings. The Bertz CT molecular complexity index is 422. The van der Waals surface area contributed by atoms with Crippen molar-refractivity contribution in [1.82, 2.24) is 0 Å². The molecule has 0 aliphatic heterocycles. The van der Waals surface area contributed by atoms with Crippen LogP contribution in [-0.4, -0.2) is 14.2 Å². The maximum Gasteiger partial charge on any atom is 0.133 e. The highest BCUT2D eigenvalue weighted by Crippen LogP contribution is 2.48. The lowest BCUT2D eigenvalue weighted by molar-refractivity contribution is 0.390. The van der Waals surface area contributed by atoms with E-state index >= 15 is 0 Å². The second-order valence-corrected chi connectivity index (χ2v) is 5.49. The number of rotatable bonds is 4.